The average Bonchev–Trinajstić information content (AvgIpc) is 2.50. The average molecular weight is 368 g/mol. The Morgan fingerprint density at radius 1 is 1.33 bits per heavy atom. The number of sulfonamides is 1. The van der Waals surface area contributed by atoms with Gasteiger partial charge in [-0.3, -0.25) is 9.59 Å². The molecule has 24 heavy (non-hydrogen) atoms. The molecule has 0 aliphatic rings. The molecule has 134 valence electrons. The summed E-state index contributed by atoms with van der Waals surface area (Å²) in [7, 11) is -3.19. The minimum atomic E-state index is -4.60. The van der Waals surface area contributed by atoms with Gasteiger partial charge in [-0.15, -0.1) is 0 Å². The fourth-order valence-corrected chi connectivity index (χ4v) is 2.98. The van der Waals surface area contributed by atoms with Crippen molar-refractivity contribution in [2.75, 3.05) is 13.6 Å². The van der Waals surface area contributed by atoms with E-state index in [0.29, 0.717) is 4.31 Å². The Labute approximate surface area is 136 Å². The van der Waals surface area contributed by atoms with Crippen LogP contribution >= 0.6 is 0 Å². The molecule has 0 saturated carbocycles. The van der Waals surface area contributed by atoms with Gasteiger partial charge < -0.3 is 10.4 Å². The van der Waals surface area contributed by atoms with E-state index >= 15 is 0 Å². The van der Waals surface area contributed by atoms with Crippen molar-refractivity contribution in [2.45, 2.75) is 24.0 Å². The van der Waals surface area contributed by atoms with Gasteiger partial charge >= 0.3 is 12.1 Å². The number of nitrogens with one attached hydrogen (secondary N) is 1. The van der Waals surface area contributed by atoms with Gasteiger partial charge in [-0.25, -0.2) is 8.42 Å². The lowest BCUT2D eigenvalue weighted by Gasteiger charge is -2.21. The number of hydrogen-bond acceptors (Lipinski definition) is 4. The number of carbonyl (C=O) groups excluding carboxylic acids is 1. The molecule has 1 amide bonds. The third-order valence-electron chi connectivity index (χ3n) is 3.13. The van der Waals surface area contributed by atoms with Gasteiger partial charge in [0, 0.05) is 12.6 Å². The summed E-state index contributed by atoms with van der Waals surface area (Å²) in [5, 5.41) is 10.5. The van der Waals surface area contributed by atoms with Crippen molar-refractivity contribution in [2.24, 2.45) is 0 Å². The third kappa shape index (κ3) is 4.93. The Morgan fingerprint density at radius 3 is 2.42 bits per heavy atom. The van der Waals surface area contributed by atoms with Crippen LogP contribution in [0.4, 0.5) is 13.2 Å². The number of alkyl halides is 3. The first-order valence-corrected chi connectivity index (χ1v) is 7.96. The van der Waals surface area contributed by atoms with Crippen molar-refractivity contribution in [1.29, 1.82) is 0 Å². The molecule has 0 saturated heterocycles. The van der Waals surface area contributed by atoms with Gasteiger partial charge in [-0.05, 0) is 25.1 Å². The van der Waals surface area contributed by atoms with Gasteiger partial charge in [0.1, 0.15) is 12.6 Å². The van der Waals surface area contributed by atoms with Crippen LogP contribution in [0.25, 0.3) is 0 Å². The Morgan fingerprint density at radius 2 is 1.92 bits per heavy atom. The van der Waals surface area contributed by atoms with Crippen molar-refractivity contribution in [3.05, 3.63) is 29.8 Å². The van der Waals surface area contributed by atoms with Crippen molar-refractivity contribution >= 4 is 21.9 Å². The number of carbonyl (C=O) groups is 2. The van der Waals surface area contributed by atoms with Crippen LogP contribution in [0.1, 0.15) is 17.3 Å². The second kappa shape index (κ2) is 7.18. The predicted octanol–water partition coefficient (Wildman–Crippen LogP) is 1.07. The van der Waals surface area contributed by atoms with Crippen LogP contribution in [0.15, 0.2) is 29.2 Å². The minimum absolute atomic E-state index is 0.295. The lowest BCUT2D eigenvalue weighted by Crippen LogP contribution is -2.40. The first-order chi connectivity index (χ1) is 10.9. The smallest absolute Gasteiger partial charge is 0.405 e. The molecule has 0 heterocycles. The molecule has 1 rings (SSSR count). The molecule has 11 heteroatoms. The van der Waals surface area contributed by atoms with E-state index in [4.69, 9.17) is 5.11 Å². The summed E-state index contributed by atoms with van der Waals surface area (Å²) in [6, 6.07) is 2.95. The lowest BCUT2D eigenvalue weighted by atomic mass is 10.2. The zero-order valence-corrected chi connectivity index (χ0v) is 13.5. The van der Waals surface area contributed by atoms with Crippen LogP contribution in [0.2, 0.25) is 0 Å². The number of likely N-dealkylation sites (N-methyl/N-ethyl adjacent to an activating group) is 1. The summed E-state index contributed by atoms with van der Waals surface area (Å²) in [5.74, 6) is -2.47. The van der Waals surface area contributed by atoms with E-state index in [-0.39, 0.29) is 5.56 Å². The fraction of sp³-hybridized carbons (Fsp3) is 0.385. The van der Waals surface area contributed by atoms with Gasteiger partial charge in [-0.2, -0.15) is 17.5 Å². The number of carboxylic acids is 1. The van der Waals surface area contributed by atoms with E-state index in [9.17, 15) is 31.2 Å². The summed E-state index contributed by atoms with van der Waals surface area (Å²) < 4.78 is 61.5. The fourth-order valence-electron chi connectivity index (χ4n) is 1.61. The predicted molar refractivity (Wildman–Crippen MR) is 76.9 cm³/mol. The first-order valence-electron chi connectivity index (χ1n) is 6.52. The summed E-state index contributed by atoms with van der Waals surface area (Å²) >= 11 is 0. The van der Waals surface area contributed by atoms with E-state index in [0.717, 1.165) is 32.2 Å². The topological polar surface area (TPSA) is 104 Å². The summed E-state index contributed by atoms with van der Waals surface area (Å²) in [5.41, 5.74) is -0.295. The molecular formula is C13H15F3N2O5S. The Bertz CT molecular complexity index is 733. The molecule has 1 aromatic rings. The maximum absolute atomic E-state index is 12.3. The number of hydrogen-bond donors (Lipinski definition) is 2. The molecule has 0 fully saturated rings. The molecule has 0 aliphatic heterocycles. The van der Waals surface area contributed by atoms with Crippen molar-refractivity contribution < 1.29 is 36.3 Å². The highest BCUT2D eigenvalue weighted by atomic mass is 32.2. The van der Waals surface area contributed by atoms with Crippen LogP contribution in [-0.2, 0) is 14.8 Å². The maximum Gasteiger partial charge on any atom is 0.405 e. The minimum Gasteiger partial charge on any atom is -0.480 e. The summed E-state index contributed by atoms with van der Waals surface area (Å²) in [4.78, 5) is 22.2. The van der Waals surface area contributed by atoms with Gasteiger partial charge in [0.15, 0.2) is 0 Å². The third-order valence-corrected chi connectivity index (χ3v) is 5.05. The van der Waals surface area contributed by atoms with Crippen LogP contribution in [0.5, 0.6) is 0 Å². The second-order valence-corrected chi connectivity index (χ2v) is 6.86. The Kier molecular flexibility index (Phi) is 5.95. The van der Waals surface area contributed by atoms with E-state index in [1.54, 1.807) is 5.32 Å². The number of nitrogens with zero attached hydrogens (tertiary/aromatic N) is 1. The number of carboxylic acid groups (broad SMARTS) is 1. The number of rotatable bonds is 6. The van der Waals surface area contributed by atoms with Crippen LogP contribution in [0.3, 0.4) is 0 Å². The highest BCUT2D eigenvalue weighted by Crippen LogP contribution is 2.18. The van der Waals surface area contributed by atoms with E-state index < -0.39 is 45.6 Å². The standard InChI is InChI=1S/C13H15F3N2O5S/c1-8(12(20)21)18(2)24(22,23)10-5-3-4-9(6-10)11(19)17-7-13(14,15)16/h3-6,8H,7H2,1-2H3,(H,17,19)(H,20,21). The van der Waals surface area contributed by atoms with Gasteiger partial charge in [0.2, 0.25) is 10.0 Å². The second-order valence-electron chi connectivity index (χ2n) is 4.86. The Hall–Kier alpha value is -2.14. The molecule has 1 atom stereocenters. The summed E-state index contributed by atoms with van der Waals surface area (Å²) in [6.07, 6.45) is -4.60. The largest absolute Gasteiger partial charge is 0.480 e. The monoisotopic (exact) mass is 368 g/mol. The first kappa shape index (κ1) is 19.9. The normalized spacial score (nSPS) is 13.6. The molecule has 0 aromatic heterocycles. The number of halogens is 3. The SMILES string of the molecule is CC(C(=O)O)N(C)S(=O)(=O)c1cccc(C(=O)NCC(F)(F)F)c1. The number of amides is 1. The van der Waals surface area contributed by atoms with E-state index in [1.165, 1.54) is 6.07 Å². The molecule has 1 aromatic carbocycles. The molecule has 0 bridgehead atoms. The van der Waals surface area contributed by atoms with Gasteiger partial charge in [0.05, 0.1) is 4.90 Å². The highest BCUT2D eigenvalue weighted by Gasteiger charge is 2.31. The van der Waals surface area contributed by atoms with E-state index in [1.807, 2.05) is 0 Å². The van der Waals surface area contributed by atoms with Gasteiger partial charge in [0.25, 0.3) is 5.91 Å². The maximum atomic E-state index is 12.3. The van der Waals surface area contributed by atoms with Crippen LogP contribution in [0, 0.1) is 0 Å². The molecule has 2 N–H and O–H groups in total. The Balaban J connectivity index is 3.07. The lowest BCUT2D eigenvalue weighted by molar-refractivity contribution is -0.140. The van der Waals surface area contributed by atoms with Crippen molar-refractivity contribution in [3.63, 3.8) is 0 Å². The van der Waals surface area contributed by atoms with Crippen molar-refractivity contribution in [3.8, 4) is 0 Å². The number of benzene rings is 1. The molecule has 1 unspecified atom stereocenters. The van der Waals surface area contributed by atoms with Crippen LogP contribution < -0.4 is 5.32 Å². The summed E-state index contributed by atoms with van der Waals surface area (Å²) in [6.45, 7) is -0.404. The molecule has 0 aliphatic carbocycles. The molecular weight excluding hydrogens is 353 g/mol. The van der Waals surface area contributed by atoms with Gasteiger partial charge in [-0.1, -0.05) is 6.07 Å². The van der Waals surface area contributed by atoms with E-state index in [2.05, 4.69) is 0 Å². The molecule has 0 radical (unpaired) electrons. The highest BCUT2D eigenvalue weighted by molar-refractivity contribution is 7.89. The zero-order valence-electron chi connectivity index (χ0n) is 12.7. The number of aliphatic carboxylic acids is 1. The van der Waals surface area contributed by atoms with Crippen LogP contribution in [-0.4, -0.2) is 55.5 Å². The molecule has 0 spiro atoms. The molecule has 7 nitrogen and oxygen atoms in total. The van der Waals surface area contributed by atoms with Crippen molar-refractivity contribution in [1.82, 2.24) is 9.62 Å². The quantitative estimate of drug-likeness (QED) is 0.782. The zero-order chi connectivity index (χ0) is 18.7.